The largest absolute Gasteiger partial charge is 0.473 e. The Morgan fingerprint density at radius 3 is 2.43 bits per heavy atom. The molecule has 2 aliphatic rings. The van der Waals surface area contributed by atoms with Crippen molar-refractivity contribution in [2.24, 2.45) is 5.92 Å². The number of nitrogens with zero attached hydrogens (tertiary/aromatic N) is 3. The molecule has 3 heterocycles. The fourth-order valence-corrected chi connectivity index (χ4v) is 5.72. The highest BCUT2D eigenvalue weighted by molar-refractivity contribution is 6.27. The Hall–Kier alpha value is -4.45. The summed E-state index contributed by atoms with van der Waals surface area (Å²) in [6.45, 7) is 2.83. The van der Waals surface area contributed by atoms with Crippen molar-refractivity contribution < 1.29 is 42.4 Å². The van der Waals surface area contributed by atoms with Gasteiger partial charge in [0.15, 0.2) is 11.4 Å². The van der Waals surface area contributed by atoms with Crippen LogP contribution in [0.4, 0.5) is 8.78 Å². The van der Waals surface area contributed by atoms with Gasteiger partial charge < -0.3 is 24.2 Å². The number of hydrogen-bond acceptors (Lipinski definition) is 8. The fourth-order valence-electron chi connectivity index (χ4n) is 5.72. The highest BCUT2D eigenvalue weighted by Gasteiger charge is 2.34. The van der Waals surface area contributed by atoms with Crippen LogP contribution in [0.5, 0.6) is 0 Å². The smallest absolute Gasteiger partial charge is 0.414 e. The number of carboxylic acid groups (broad SMARTS) is 2. The SMILES string of the molecule is O=C(O)C(=O)O.O=C1c2c(-c3ccccc3F)noc2CCC1CCCN1CCC(c2noc3cc(F)ccc23)CC1. The monoisotopic (exact) mass is 581 g/mol. The summed E-state index contributed by atoms with van der Waals surface area (Å²) in [6, 6.07) is 10.9. The summed E-state index contributed by atoms with van der Waals surface area (Å²) in [5, 5.41) is 24.0. The first-order valence-electron chi connectivity index (χ1n) is 13.7. The number of benzene rings is 2. The number of ketones is 1. The second-order valence-electron chi connectivity index (χ2n) is 10.5. The molecule has 42 heavy (non-hydrogen) atoms. The van der Waals surface area contributed by atoms with E-state index in [-0.39, 0.29) is 17.5 Å². The van der Waals surface area contributed by atoms with E-state index in [0.717, 1.165) is 62.8 Å². The van der Waals surface area contributed by atoms with E-state index < -0.39 is 17.8 Å². The molecule has 0 bridgehead atoms. The Labute approximate surface area is 238 Å². The van der Waals surface area contributed by atoms with Crippen LogP contribution in [0.25, 0.3) is 22.2 Å². The van der Waals surface area contributed by atoms with E-state index in [0.29, 0.717) is 40.5 Å². The molecule has 1 saturated heterocycles. The molecule has 1 atom stereocenters. The summed E-state index contributed by atoms with van der Waals surface area (Å²) in [5.74, 6) is -3.58. The second kappa shape index (κ2) is 12.6. The lowest BCUT2D eigenvalue weighted by Gasteiger charge is -2.31. The van der Waals surface area contributed by atoms with E-state index in [1.54, 1.807) is 24.3 Å². The van der Waals surface area contributed by atoms with Gasteiger partial charge in [-0.1, -0.05) is 22.4 Å². The average Bonchev–Trinajstić information content (AvgIpc) is 3.60. The van der Waals surface area contributed by atoms with Gasteiger partial charge in [-0.05, 0) is 76.0 Å². The highest BCUT2D eigenvalue weighted by atomic mass is 19.1. The zero-order valence-corrected chi connectivity index (χ0v) is 22.6. The Morgan fingerprint density at radius 1 is 0.976 bits per heavy atom. The minimum atomic E-state index is -1.82. The molecule has 0 saturated carbocycles. The van der Waals surface area contributed by atoms with Crippen molar-refractivity contribution in [1.29, 1.82) is 0 Å². The summed E-state index contributed by atoms with van der Waals surface area (Å²) in [7, 11) is 0. The standard InChI is InChI=1S/C28H27F2N3O3.C2H2O4/c29-19-8-9-21-24(16-19)36-31-26(21)17-11-14-33(15-12-17)13-3-4-18-7-10-23-25(28(18)34)27(32-35-23)20-5-1-2-6-22(20)30;3-1(4)2(5)6/h1-2,5-6,8-9,16-18H,3-4,7,10-15H2;(H,3,4)(H,5,6). The molecule has 1 unspecified atom stereocenters. The number of likely N-dealkylation sites (tertiary alicyclic amines) is 1. The molecular formula is C30H29F2N3O7. The number of carbonyl (C=O) groups excluding carboxylic acids is 1. The molecule has 0 radical (unpaired) electrons. The molecule has 6 rings (SSSR count). The summed E-state index contributed by atoms with van der Waals surface area (Å²) in [4.78, 5) is 33.9. The van der Waals surface area contributed by atoms with Crippen molar-refractivity contribution in [3.63, 3.8) is 0 Å². The lowest BCUT2D eigenvalue weighted by Crippen LogP contribution is -2.34. The molecule has 220 valence electrons. The van der Waals surface area contributed by atoms with Gasteiger partial charge in [0.25, 0.3) is 0 Å². The van der Waals surface area contributed by atoms with Crippen LogP contribution in [-0.2, 0) is 16.0 Å². The zero-order chi connectivity index (χ0) is 29.8. The Morgan fingerprint density at radius 2 is 1.71 bits per heavy atom. The third kappa shape index (κ3) is 6.23. The van der Waals surface area contributed by atoms with Gasteiger partial charge in [-0.2, -0.15) is 0 Å². The van der Waals surface area contributed by atoms with Crippen LogP contribution < -0.4 is 0 Å². The summed E-state index contributed by atoms with van der Waals surface area (Å²) < 4.78 is 38.6. The first-order chi connectivity index (χ1) is 20.2. The molecule has 10 nitrogen and oxygen atoms in total. The van der Waals surface area contributed by atoms with Crippen molar-refractivity contribution in [2.45, 2.75) is 44.4 Å². The van der Waals surface area contributed by atoms with Gasteiger partial charge in [-0.3, -0.25) is 4.79 Å². The van der Waals surface area contributed by atoms with E-state index in [9.17, 15) is 13.6 Å². The molecule has 1 aliphatic carbocycles. The van der Waals surface area contributed by atoms with Gasteiger partial charge in [0.1, 0.15) is 23.1 Å². The van der Waals surface area contributed by atoms with Crippen LogP contribution in [0.3, 0.4) is 0 Å². The maximum atomic E-state index is 14.3. The number of carbonyl (C=O) groups is 3. The molecule has 1 aliphatic heterocycles. The zero-order valence-electron chi connectivity index (χ0n) is 22.6. The van der Waals surface area contributed by atoms with Crippen LogP contribution in [0.15, 0.2) is 51.5 Å². The van der Waals surface area contributed by atoms with Crippen molar-refractivity contribution >= 4 is 28.7 Å². The minimum Gasteiger partial charge on any atom is -0.473 e. The maximum absolute atomic E-state index is 14.3. The number of hydrogen-bond donors (Lipinski definition) is 2. The third-order valence-electron chi connectivity index (χ3n) is 7.87. The predicted molar refractivity (Wildman–Crippen MR) is 145 cm³/mol. The van der Waals surface area contributed by atoms with E-state index in [4.69, 9.17) is 28.8 Å². The number of Topliss-reactive ketones (excluding diaryl/α,β-unsaturated/α-hetero) is 1. The Balaban J connectivity index is 0.000000535. The molecule has 1 fully saturated rings. The second-order valence-corrected chi connectivity index (χ2v) is 10.5. The first kappa shape index (κ1) is 29.1. The summed E-state index contributed by atoms with van der Waals surface area (Å²) in [6.07, 6.45) is 5.03. The Bertz CT molecular complexity index is 1600. The lowest BCUT2D eigenvalue weighted by molar-refractivity contribution is -0.159. The van der Waals surface area contributed by atoms with E-state index in [2.05, 4.69) is 15.2 Å². The molecule has 2 aromatic heterocycles. The third-order valence-corrected chi connectivity index (χ3v) is 7.87. The van der Waals surface area contributed by atoms with Crippen LogP contribution in [0.1, 0.15) is 59.8 Å². The van der Waals surface area contributed by atoms with E-state index in [1.165, 1.54) is 18.2 Å². The van der Waals surface area contributed by atoms with Gasteiger partial charge in [-0.15, -0.1) is 0 Å². The topological polar surface area (TPSA) is 147 Å². The van der Waals surface area contributed by atoms with Gasteiger partial charge in [0.05, 0.1) is 11.3 Å². The van der Waals surface area contributed by atoms with Crippen molar-refractivity contribution in [2.75, 3.05) is 19.6 Å². The fraction of sp³-hybridized carbons (Fsp3) is 0.367. The molecular weight excluding hydrogens is 552 g/mol. The predicted octanol–water partition coefficient (Wildman–Crippen LogP) is 5.32. The van der Waals surface area contributed by atoms with Crippen LogP contribution in [0, 0.1) is 17.6 Å². The number of aromatic nitrogens is 2. The maximum Gasteiger partial charge on any atom is 0.414 e. The van der Waals surface area contributed by atoms with Gasteiger partial charge in [-0.25, -0.2) is 18.4 Å². The number of halogens is 2. The molecule has 2 aromatic carbocycles. The number of rotatable bonds is 6. The molecule has 4 aromatic rings. The number of aryl methyl sites for hydroxylation is 1. The number of piperidine rings is 1. The number of aliphatic carboxylic acids is 2. The van der Waals surface area contributed by atoms with E-state index in [1.807, 2.05) is 0 Å². The Kier molecular flexibility index (Phi) is 8.72. The summed E-state index contributed by atoms with van der Waals surface area (Å²) in [5.41, 5.74) is 2.51. The van der Waals surface area contributed by atoms with Crippen LogP contribution >= 0.6 is 0 Å². The van der Waals surface area contributed by atoms with E-state index >= 15 is 0 Å². The first-order valence-corrected chi connectivity index (χ1v) is 13.7. The molecule has 12 heteroatoms. The number of carboxylic acids is 2. The van der Waals surface area contributed by atoms with Crippen molar-refractivity contribution in [3.05, 3.63) is 71.1 Å². The number of fused-ring (bicyclic) bond motifs is 2. The van der Waals surface area contributed by atoms with Gasteiger partial charge in [0.2, 0.25) is 0 Å². The normalized spacial score (nSPS) is 17.5. The summed E-state index contributed by atoms with van der Waals surface area (Å²) >= 11 is 0. The van der Waals surface area contributed by atoms with Crippen LogP contribution in [0.2, 0.25) is 0 Å². The van der Waals surface area contributed by atoms with Crippen LogP contribution in [-0.4, -0.2) is 62.8 Å². The quantitative estimate of drug-likeness (QED) is 0.287. The molecule has 2 N–H and O–H groups in total. The van der Waals surface area contributed by atoms with Gasteiger partial charge in [0, 0.05) is 35.3 Å². The highest BCUT2D eigenvalue weighted by Crippen LogP contribution is 2.36. The molecule has 0 spiro atoms. The molecule has 0 amide bonds. The average molecular weight is 582 g/mol. The van der Waals surface area contributed by atoms with Crippen molar-refractivity contribution in [3.8, 4) is 11.3 Å². The minimum absolute atomic E-state index is 0.0174. The van der Waals surface area contributed by atoms with Gasteiger partial charge >= 0.3 is 11.9 Å². The van der Waals surface area contributed by atoms with Crippen molar-refractivity contribution in [1.82, 2.24) is 15.2 Å². The lowest BCUT2D eigenvalue weighted by atomic mass is 9.82.